The standard InChI is InChI=1S/C22H27F4N5O4S/c1-21(2,22(24,25)26)19-28-20(29-35-19)30-9-6-13(7-10-30)31-11-8-17(18(31)32)27-16-5-4-14(12-15(16)23)36(3,33)34/h4-5,12-13,17,27H,6-11H2,1-3H3/t17-/m0/s1. The fraction of sp³-hybridized carbons (Fsp3) is 0.591. The molecule has 0 aliphatic carbocycles. The van der Waals surface area contributed by atoms with Gasteiger partial charge < -0.3 is 19.6 Å². The fourth-order valence-electron chi connectivity index (χ4n) is 4.33. The third-order valence-electron chi connectivity index (χ3n) is 6.79. The molecule has 9 nitrogen and oxygen atoms in total. The van der Waals surface area contributed by atoms with E-state index in [2.05, 4.69) is 15.5 Å². The Morgan fingerprint density at radius 3 is 2.36 bits per heavy atom. The molecule has 0 saturated carbocycles. The van der Waals surface area contributed by atoms with E-state index in [1.807, 2.05) is 0 Å². The summed E-state index contributed by atoms with van der Waals surface area (Å²) < 4.78 is 82.3. The van der Waals surface area contributed by atoms with Gasteiger partial charge in [0.1, 0.15) is 17.3 Å². The SMILES string of the molecule is CC(C)(c1nc(N2CCC(N3CC[C@H](Nc4ccc(S(C)(=O)=O)cc4F)C3=O)CC2)no1)C(F)(F)F. The fourth-order valence-corrected chi connectivity index (χ4v) is 4.96. The van der Waals surface area contributed by atoms with Crippen LogP contribution in [-0.4, -0.2) is 73.5 Å². The molecule has 2 aliphatic rings. The first-order valence-electron chi connectivity index (χ1n) is 11.4. The first kappa shape index (κ1) is 26.2. The van der Waals surface area contributed by atoms with Crippen molar-refractivity contribution in [3.05, 3.63) is 29.9 Å². The summed E-state index contributed by atoms with van der Waals surface area (Å²) in [4.78, 5) is 20.3. The van der Waals surface area contributed by atoms with Crippen LogP contribution in [0.4, 0.5) is 29.2 Å². The predicted molar refractivity (Wildman–Crippen MR) is 122 cm³/mol. The summed E-state index contributed by atoms with van der Waals surface area (Å²) in [6.45, 7) is 3.28. The molecule has 4 rings (SSSR count). The number of anilines is 2. The zero-order valence-electron chi connectivity index (χ0n) is 20.0. The van der Waals surface area contributed by atoms with Gasteiger partial charge in [0.2, 0.25) is 11.8 Å². The maximum atomic E-state index is 14.4. The lowest BCUT2D eigenvalue weighted by molar-refractivity contribution is -0.186. The Hall–Kier alpha value is -2.90. The molecule has 0 unspecified atom stereocenters. The summed E-state index contributed by atoms with van der Waals surface area (Å²) >= 11 is 0. The van der Waals surface area contributed by atoms with Gasteiger partial charge in [-0.25, -0.2) is 12.8 Å². The van der Waals surface area contributed by atoms with Crippen LogP contribution < -0.4 is 10.2 Å². The van der Waals surface area contributed by atoms with E-state index >= 15 is 0 Å². The van der Waals surface area contributed by atoms with Gasteiger partial charge in [-0.3, -0.25) is 4.79 Å². The summed E-state index contributed by atoms with van der Waals surface area (Å²) in [7, 11) is -3.55. The first-order valence-corrected chi connectivity index (χ1v) is 13.3. The number of nitrogens with one attached hydrogen (secondary N) is 1. The van der Waals surface area contributed by atoms with E-state index in [1.165, 1.54) is 12.1 Å². The number of nitrogens with zero attached hydrogens (tertiary/aromatic N) is 4. The molecule has 1 aromatic heterocycles. The average Bonchev–Trinajstić information content (AvgIpc) is 3.42. The van der Waals surface area contributed by atoms with Gasteiger partial charge in [0, 0.05) is 31.9 Å². The number of carbonyl (C=O) groups excluding carboxylic acids is 1. The lowest BCUT2D eigenvalue weighted by Crippen LogP contribution is -2.47. The quantitative estimate of drug-likeness (QED) is 0.565. The van der Waals surface area contributed by atoms with Gasteiger partial charge >= 0.3 is 6.18 Å². The van der Waals surface area contributed by atoms with E-state index in [0.29, 0.717) is 38.9 Å². The molecule has 14 heteroatoms. The van der Waals surface area contributed by atoms with Gasteiger partial charge in [0.15, 0.2) is 9.84 Å². The Kier molecular flexibility index (Phi) is 6.69. The number of piperidine rings is 1. The molecule has 1 amide bonds. The summed E-state index contributed by atoms with van der Waals surface area (Å²) in [5.74, 6) is -1.37. The van der Waals surface area contributed by atoms with Crippen molar-refractivity contribution in [2.45, 2.75) is 61.7 Å². The van der Waals surface area contributed by atoms with E-state index < -0.39 is 39.2 Å². The Morgan fingerprint density at radius 1 is 1.11 bits per heavy atom. The second-order valence-electron chi connectivity index (χ2n) is 9.67. The van der Waals surface area contributed by atoms with E-state index in [9.17, 15) is 30.8 Å². The second-order valence-corrected chi connectivity index (χ2v) is 11.7. The minimum Gasteiger partial charge on any atom is -0.371 e. The maximum Gasteiger partial charge on any atom is 0.402 e. The Bertz CT molecular complexity index is 1240. The normalized spacial score (nSPS) is 20.3. The van der Waals surface area contributed by atoms with Crippen molar-refractivity contribution >= 4 is 27.4 Å². The van der Waals surface area contributed by atoms with Gasteiger partial charge in [-0.1, -0.05) is 0 Å². The molecule has 1 atom stereocenters. The Morgan fingerprint density at radius 2 is 1.78 bits per heavy atom. The molecule has 2 fully saturated rings. The third kappa shape index (κ3) is 5.00. The topological polar surface area (TPSA) is 109 Å². The number of hydrogen-bond acceptors (Lipinski definition) is 8. The number of aromatic nitrogens is 2. The van der Waals surface area contributed by atoms with Crippen LogP contribution in [0.5, 0.6) is 0 Å². The molecular formula is C22H27F4N5O4S. The number of halogens is 4. The number of amides is 1. The van der Waals surface area contributed by atoms with Crippen molar-refractivity contribution in [1.29, 1.82) is 0 Å². The van der Waals surface area contributed by atoms with Crippen molar-refractivity contribution in [3.63, 3.8) is 0 Å². The molecule has 2 saturated heterocycles. The average molecular weight is 534 g/mol. The highest BCUT2D eigenvalue weighted by Crippen LogP contribution is 2.40. The zero-order valence-corrected chi connectivity index (χ0v) is 20.8. The summed E-state index contributed by atoms with van der Waals surface area (Å²) in [5, 5.41) is 6.60. The van der Waals surface area contributed by atoms with Gasteiger partial charge in [0.05, 0.1) is 10.6 Å². The van der Waals surface area contributed by atoms with Gasteiger partial charge in [-0.15, -0.1) is 0 Å². The van der Waals surface area contributed by atoms with E-state index in [1.54, 1.807) is 9.80 Å². The van der Waals surface area contributed by atoms with Crippen LogP contribution in [0.2, 0.25) is 0 Å². The molecule has 198 valence electrons. The van der Waals surface area contributed by atoms with Gasteiger partial charge in [-0.05, 0) is 56.5 Å². The number of benzene rings is 1. The molecule has 1 N–H and O–H groups in total. The Labute approximate surface area is 205 Å². The monoisotopic (exact) mass is 533 g/mol. The largest absolute Gasteiger partial charge is 0.402 e. The molecular weight excluding hydrogens is 506 g/mol. The van der Waals surface area contributed by atoms with Crippen molar-refractivity contribution in [1.82, 2.24) is 15.0 Å². The van der Waals surface area contributed by atoms with Crippen LogP contribution in [0.25, 0.3) is 0 Å². The summed E-state index contributed by atoms with van der Waals surface area (Å²) in [6, 6.07) is 2.78. The van der Waals surface area contributed by atoms with Crippen molar-refractivity contribution < 1.29 is 35.3 Å². The Balaban J connectivity index is 1.35. The van der Waals surface area contributed by atoms with Crippen LogP contribution in [0.15, 0.2) is 27.6 Å². The number of likely N-dealkylation sites (tertiary alicyclic amines) is 1. The molecule has 0 bridgehead atoms. The number of rotatable bonds is 6. The van der Waals surface area contributed by atoms with E-state index in [0.717, 1.165) is 26.2 Å². The third-order valence-corrected chi connectivity index (χ3v) is 7.90. The first-order chi connectivity index (χ1) is 16.7. The van der Waals surface area contributed by atoms with Crippen molar-refractivity contribution in [2.24, 2.45) is 0 Å². The molecule has 2 aliphatic heterocycles. The molecule has 1 aromatic carbocycles. The van der Waals surface area contributed by atoms with Gasteiger partial charge in [-0.2, -0.15) is 18.2 Å². The van der Waals surface area contributed by atoms with Gasteiger partial charge in [0.25, 0.3) is 5.95 Å². The highest BCUT2D eigenvalue weighted by Gasteiger charge is 2.53. The molecule has 0 radical (unpaired) electrons. The smallest absolute Gasteiger partial charge is 0.371 e. The van der Waals surface area contributed by atoms with Crippen LogP contribution in [0.1, 0.15) is 39.0 Å². The minimum absolute atomic E-state index is 0.0483. The van der Waals surface area contributed by atoms with Crippen molar-refractivity contribution in [2.75, 3.05) is 36.1 Å². The maximum absolute atomic E-state index is 14.4. The highest BCUT2D eigenvalue weighted by atomic mass is 32.2. The lowest BCUT2D eigenvalue weighted by atomic mass is 9.93. The van der Waals surface area contributed by atoms with E-state index in [4.69, 9.17) is 4.52 Å². The summed E-state index contributed by atoms with van der Waals surface area (Å²) in [6.07, 6.45) is -1.99. The molecule has 2 aromatic rings. The van der Waals surface area contributed by atoms with E-state index in [-0.39, 0.29) is 28.5 Å². The predicted octanol–water partition coefficient (Wildman–Crippen LogP) is 3.13. The van der Waals surface area contributed by atoms with Crippen LogP contribution in [0.3, 0.4) is 0 Å². The van der Waals surface area contributed by atoms with Crippen LogP contribution in [0, 0.1) is 5.82 Å². The van der Waals surface area contributed by atoms with Crippen molar-refractivity contribution in [3.8, 4) is 0 Å². The number of alkyl halides is 3. The number of carbonyl (C=O) groups is 1. The molecule has 0 spiro atoms. The second kappa shape index (κ2) is 9.20. The molecule has 36 heavy (non-hydrogen) atoms. The van der Waals surface area contributed by atoms with Crippen LogP contribution in [-0.2, 0) is 20.0 Å². The molecule has 3 heterocycles. The highest BCUT2D eigenvalue weighted by molar-refractivity contribution is 7.90. The zero-order chi connectivity index (χ0) is 26.5. The number of sulfone groups is 1. The van der Waals surface area contributed by atoms with Crippen LogP contribution >= 0.6 is 0 Å². The lowest BCUT2D eigenvalue weighted by Gasteiger charge is -2.36. The number of hydrogen-bond donors (Lipinski definition) is 1. The minimum atomic E-state index is -4.54. The summed E-state index contributed by atoms with van der Waals surface area (Å²) in [5.41, 5.74) is -2.22.